The number of amides is 4. The highest BCUT2D eigenvalue weighted by molar-refractivity contribution is 6.25. The molecule has 5 N–H and O–H groups in total. The maximum absolute atomic E-state index is 14.9. The normalized spacial score (nSPS) is 18.4. The molecule has 0 saturated carbocycles. The van der Waals surface area contributed by atoms with E-state index in [0.29, 0.717) is 54.5 Å². The number of rotatable bonds is 17. The third-order valence-electron chi connectivity index (χ3n) is 12.7. The van der Waals surface area contributed by atoms with Gasteiger partial charge in [-0.05, 0) is 80.1 Å². The fourth-order valence-electron chi connectivity index (χ4n) is 9.30. The lowest BCUT2D eigenvalue weighted by molar-refractivity contribution is -0.136. The zero-order valence-corrected chi connectivity index (χ0v) is 36.9. The van der Waals surface area contributed by atoms with E-state index in [2.05, 4.69) is 40.8 Å². The summed E-state index contributed by atoms with van der Waals surface area (Å²) < 4.78 is 36.7. The Balaban J connectivity index is 0.818. The van der Waals surface area contributed by atoms with Gasteiger partial charge in [-0.25, -0.2) is 23.7 Å². The quantitative estimate of drug-likeness (QED) is 0.0615. The van der Waals surface area contributed by atoms with Crippen LogP contribution in [0.15, 0.2) is 79.6 Å². The van der Waals surface area contributed by atoms with Crippen LogP contribution in [-0.4, -0.2) is 97.3 Å². The molecular formula is C48H50F2N12O5. The molecule has 67 heavy (non-hydrogen) atoms. The number of nitrogens with one attached hydrogen (secondary N) is 3. The van der Waals surface area contributed by atoms with Gasteiger partial charge in [0.25, 0.3) is 11.8 Å². The van der Waals surface area contributed by atoms with Crippen molar-refractivity contribution in [3.8, 4) is 17.0 Å². The van der Waals surface area contributed by atoms with Crippen molar-refractivity contribution in [2.45, 2.75) is 75.9 Å². The summed E-state index contributed by atoms with van der Waals surface area (Å²) in [7, 11) is 1.22. The van der Waals surface area contributed by atoms with Gasteiger partial charge in [0.05, 0.1) is 59.9 Å². The molecule has 0 spiro atoms. The van der Waals surface area contributed by atoms with Crippen LogP contribution < -0.4 is 31.3 Å². The van der Waals surface area contributed by atoms with E-state index < -0.39 is 52.6 Å². The summed E-state index contributed by atoms with van der Waals surface area (Å²) >= 11 is 0. The number of nitrogens with zero attached hydrogens (tertiary/aromatic N) is 8. The number of fused-ring (bicyclic) bond motifs is 2. The summed E-state index contributed by atoms with van der Waals surface area (Å²) in [5, 5.41) is 8.96. The van der Waals surface area contributed by atoms with Gasteiger partial charge in [0.1, 0.15) is 17.9 Å². The molecule has 2 saturated heterocycles. The Morgan fingerprint density at radius 1 is 0.896 bits per heavy atom. The lowest BCUT2D eigenvalue weighted by Gasteiger charge is -2.41. The first-order valence-electron chi connectivity index (χ1n) is 22.5. The number of methoxy groups -OCH3 is 1. The second kappa shape index (κ2) is 19.2. The molecule has 0 radical (unpaired) electrons. The van der Waals surface area contributed by atoms with Crippen molar-refractivity contribution in [3.63, 3.8) is 0 Å². The van der Waals surface area contributed by atoms with E-state index in [1.807, 2.05) is 28.8 Å². The van der Waals surface area contributed by atoms with Crippen molar-refractivity contribution < 1.29 is 32.7 Å². The molecule has 1 unspecified atom stereocenters. The van der Waals surface area contributed by atoms with Gasteiger partial charge in [0, 0.05) is 50.0 Å². The Hall–Kier alpha value is -7.41. The zero-order chi connectivity index (χ0) is 46.7. The SMILES string of the molecule is COc1c(F)cc(-c2cc(Cn3cnc4c(NCCCCCCCNc5cccc6c5C(=O)N(C5CCC(=O)NC5=O)C6=O)ncnc43)c(N3CCC[C@](N)(c4ccccn4)C3)cn2)cc1F. The van der Waals surface area contributed by atoms with Crippen LogP contribution in [0.2, 0.25) is 0 Å². The molecule has 9 rings (SSSR count). The standard InChI is InChI=1S/C48H50F2N12O5/c1-67-42-32(49)21-29(22-33(42)50)35-23-30(37(24-55-35)60-20-10-16-48(51,26-60)38-13-5-8-18-53-38)25-61-28-58-41-43(56-27-57-44(41)61)54-19-7-4-2-3-6-17-52-34-12-9-11-31-40(34)47(66)62(46(31)65)36-14-15-39(63)59-45(36)64/h5,8-9,11-13,18,21-24,27-28,36,52H,2-4,6-7,10,14-17,19-20,25-26,51H2,1H3,(H,54,56,57)(H,59,63,64)/t36?,48-/m1/s1. The second-order valence-electron chi connectivity index (χ2n) is 17.1. The minimum Gasteiger partial charge on any atom is -0.491 e. The average Bonchev–Trinajstić information content (AvgIpc) is 3.85. The molecule has 7 heterocycles. The minimum atomic E-state index is -1.01. The highest BCUT2D eigenvalue weighted by atomic mass is 19.1. The van der Waals surface area contributed by atoms with Crippen LogP contribution in [0.1, 0.15) is 89.8 Å². The number of ether oxygens (including phenoxy) is 1. The molecule has 2 aromatic carbocycles. The highest BCUT2D eigenvalue weighted by Crippen LogP contribution is 2.36. The Morgan fingerprint density at radius 2 is 1.69 bits per heavy atom. The molecule has 346 valence electrons. The van der Waals surface area contributed by atoms with Crippen LogP contribution in [0, 0.1) is 11.6 Å². The molecule has 6 aromatic rings. The summed E-state index contributed by atoms with van der Waals surface area (Å²) in [6.45, 7) is 2.77. The smallest absolute Gasteiger partial charge is 0.264 e. The maximum Gasteiger partial charge on any atom is 0.264 e. The Morgan fingerprint density at radius 3 is 2.45 bits per heavy atom. The van der Waals surface area contributed by atoms with Crippen molar-refractivity contribution >= 4 is 52.0 Å². The number of halogens is 2. The Labute approximate surface area is 384 Å². The third kappa shape index (κ3) is 9.10. The summed E-state index contributed by atoms with van der Waals surface area (Å²) in [4.78, 5) is 76.9. The first-order valence-corrected chi connectivity index (χ1v) is 22.5. The summed E-state index contributed by atoms with van der Waals surface area (Å²) in [5.41, 5.74) is 11.7. The first kappa shape index (κ1) is 44.8. The van der Waals surface area contributed by atoms with Gasteiger partial charge in [0.2, 0.25) is 11.8 Å². The zero-order valence-electron chi connectivity index (χ0n) is 36.9. The number of imidazole rings is 1. The van der Waals surface area contributed by atoms with E-state index in [9.17, 15) is 28.0 Å². The number of nitrogens with two attached hydrogens (primary N) is 1. The fourth-order valence-corrected chi connectivity index (χ4v) is 9.30. The minimum absolute atomic E-state index is 0.0625. The van der Waals surface area contributed by atoms with E-state index >= 15 is 0 Å². The number of carbonyl (C=O) groups excluding carboxylic acids is 4. The molecule has 0 aliphatic carbocycles. The fraction of sp³-hybridized carbons (Fsp3) is 0.354. The number of hydrogen-bond donors (Lipinski definition) is 4. The molecule has 3 aliphatic heterocycles. The van der Waals surface area contributed by atoms with Crippen molar-refractivity contribution in [1.82, 2.24) is 39.7 Å². The van der Waals surface area contributed by atoms with Crippen molar-refractivity contribution in [3.05, 3.63) is 114 Å². The Bertz CT molecular complexity index is 2840. The van der Waals surface area contributed by atoms with Gasteiger partial charge in [-0.2, -0.15) is 0 Å². The largest absolute Gasteiger partial charge is 0.491 e. The van der Waals surface area contributed by atoms with E-state index in [-0.39, 0.29) is 29.5 Å². The molecule has 2 atom stereocenters. The summed E-state index contributed by atoms with van der Waals surface area (Å²) in [5.74, 6) is -3.64. The van der Waals surface area contributed by atoms with Crippen molar-refractivity contribution in [2.24, 2.45) is 5.73 Å². The number of carbonyl (C=O) groups is 4. The van der Waals surface area contributed by atoms with Gasteiger partial charge in [0.15, 0.2) is 28.8 Å². The number of pyridine rings is 2. The van der Waals surface area contributed by atoms with E-state index in [0.717, 1.165) is 73.3 Å². The molecular weight excluding hydrogens is 863 g/mol. The number of aromatic nitrogens is 6. The lowest BCUT2D eigenvalue weighted by atomic mass is 9.86. The number of piperidine rings is 2. The van der Waals surface area contributed by atoms with Crippen molar-refractivity contribution in [2.75, 3.05) is 48.8 Å². The lowest BCUT2D eigenvalue weighted by Crippen LogP contribution is -2.54. The van der Waals surface area contributed by atoms with Gasteiger partial charge in [-0.3, -0.25) is 39.4 Å². The average molecular weight is 913 g/mol. The van der Waals surface area contributed by atoms with Crippen LogP contribution in [0.5, 0.6) is 5.75 Å². The first-order chi connectivity index (χ1) is 32.5. The molecule has 17 nitrogen and oxygen atoms in total. The third-order valence-corrected chi connectivity index (χ3v) is 12.7. The number of benzene rings is 2. The number of unbranched alkanes of at least 4 members (excludes halogenated alkanes) is 4. The summed E-state index contributed by atoms with van der Waals surface area (Å²) in [6, 6.07) is 14.0. The predicted octanol–water partition coefficient (Wildman–Crippen LogP) is 5.95. The van der Waals surface area contributed by atoms with Crippen molar-refractivity contribution in [1.29, 1.82) is 0 Å². The highest BCUT2D eigenvalue weighted by Gasteiger charge is 2.45. The van der Waals surface area contributed by atoms with E-state index in [1.54, 1.807) is 36.9 Å². The maximum atomic E-state index is 14.9. The molecule has 2 fully saturated rings. The number of hydrogen-bond acceptors (Lipinski definition) is 14. The van der Waals surface area contributed by atoms with Crippen LogP contribution in [0.25, 0.3) is 22.4 Å². The van der Waals surface area contributed by atoms with Gasteiger partial charge >= 0.3 is 0 Å². The topological polar surface area (TPSA) is 215 Å². The monoisotopic (exact) mass is 912 g/mol. The van der Waals surface area contributed by atoms with Gasteiger partial charge in [-0.15, -0.1) is 0 Å². The van der Waals surface area contributed by atoms with Crippen LogP contribution in [-0.2, 0) is 21.7 Å². The predicted molar refractivity (Wildman–Crippen MR) is 245 cm³/mol. The van der Waals surface area contributed by atoms with Crippen LogP contribution >= 0.6 is 0 Å². The molecule has 4 amide bonds. The van der Waals surface area contributed by atoms with E-state index in [1.165, 1.54) is 25.6 Å². The molecule has 4 aromatic heterocycles. The molecule has 19 heteroatoms. The number of anilines is 3. The summed E-state index contributed by atoms with van der Waals surface area (Å²) in [6.07, 6.45) is 13.0. The molecule has 3 aliphatic rings. The van der Waals surface area contributed by atoms with Gasteiger partial charge < -0.3 is 30.6 Å². The van der Waals surface area contributed by atoms with Gasteiger partial charge in [-0.1, -0.05) is 31.4 Å². The Kier molecular flexibility index (Phi) is 12.8. The van der Waals surface area contributed by atoms with E-state index in [4.69, 9.17) is 15.5 Å². The van der Waals surface area contributed by atoms with Crippen LogP contribution in [0.4, 0.5) is 26.0 Å². The second-order valence-corrected chi connectivity index (χ2v) is 17.1. The number of imide groups is 2. The van der Waals surface area contributed by atoms with Crippen LogP contribution in [0.3, 0.4) is 0 Å². The molecule has 0 bridgehead atoms.